The Morgan fingerprint density at radius 2 is 0.536 bits per heavy atom. The topological polar surface area (TPSA) is 0 Å². The first kappa shape index (κ1) is 16.9. The molecule has 138 valence electrons. The fraction of sp³-hybridized carbons (Fsp3) is 0. The summed E-state index contributed by atoms with van der Waals surface area (Å²) >= 11 is 0. The Morgan fingerprint density at radius 3 is 0.750 bits per heavy atom. The maximum Gasteiger partial charge on any atom is 0.145 e. The molecule has 0 aliphatic carbocycles. The van der Waals surface area contributed by atoms with E-state index in [4.69, 9.17) is 0 Å². The van der Waals surface area contributed by atoms with Crippen LogP contribution in [0.15, 0.2) is 48.5 Å². The van der Waals surface area contributed by atoms with E-state index in [0.29, 0.717) is 0 Å². The first-order valence-electron chi connectivity index (χ1n) is 8.29. The molecule has 0 nitrogen and oxygen atoms in total. The van der Waals surface area contributed by atoms with Crippen molar-refractivity contribution in [3.8, 4) is 0 Å². The molecule has 6 heteroatoms. The van der Waals surface area contributed by atoms with E-state index >= 15 is 8.78 Å². The lowest BCUT2D eigenvalue weighted by molar-refractivity contribution is 0.580. The van der Waals surface area contributed by atoms with E-state index in [1.165, 1.54) is 48.5 Å². The van der Waals surface area contributed by atoms with Gasteiger partial charge in [0.1, 0.15) is 34.9 Å². The van der Waals surface area contributed by atoms with Gasteiger partial charge in [0.15, 0.2) is 0 Å². The second kappa shape index (κ2) is 5.61. The summed E-state index contributed by atoms with van der Waals surface area (Å²) in [6.07, 6.45) is 0. The lowest BCUT2D eigenvalue weighted by Gasteiger charge is -2.14. The molecular weight excluding hydrogens is 378 g/mol. The van der Waals surface area contributed by atoms with Crippen LogP contribution < -0.4 is 0 Å². The monoisotopic (exact) mass is 386 g/mol. The number of hydrogen-bond acceptors (Lipinski definition) is 0. The highest BCUT2D eigenvalue weighted by Crippen LogP contribution is 2.41. The lowest BCUT2D eigenvalue weighted by atomic mass is 9.94. The lowest BCUT2D eigenvalue weighted by Crippen LogP contribution is -2.02. The largest absolute Gasteiger partial charge is 0.206 e. The summed E-state index contributed by atoms with van der Waals surface area (Å²) in [5, 5.41) is -5.33. The molecule has 5 aromatic carbocycles. The molecule has 0 heterocycles. The zero-order chi connectivity index (χ0) is 19.7. The second-order valence-electron chi connectivity index (χ2n) is 6.48. The van der Waals surface area contributed by atoms with Crippen molar-refractivity contribution in [3.63, 3.8) is 0 Å². The number of rotatable bonds is 0. The zero-order valence-corrected chi connectivity index (χ0v) is 13.9. The van der Waals surface area contributed by atoms with Gasteiger partial charge >= 0.3 is 0 Å². The second-order valence-corrected chi connectivity index (χ2v) is 6.48. The quantitative estimate of drug-likeness (QED) is 0.196. The van der Waals surface area contributed by atoms with Crippen molar-refractivity contribution in [3.05, 3.63) is 83.4 Å². The van der Waals surface area contributed by atoms with Gasteiger partial charge in [-0.3, -0.25) is 0 Å². The van der Waals surface area contributed by atoms with E-state index in [-0.39, 0.29) is 21.5 Å². The smallest absolute Gasteiger partial charge is 0.145 e. The Bertz CT molecular complexity index is 1250. The van der Waals surface area contributed by atoms with Gasteiger partial charge < -0.3 is 0 Å². The van der Waals surface area contributed by atoms with E-state index in [1.54, 1.807) is 0 Å². The average Bonchev–Trinajstić information content (AvgIpc) is 2.71. The van der Waals surface area contributed by atoms with Gasteiger partial charge in [-0.05, 0) is 0 Å². The van der Waals surface area contributed by atoms with Crippen LogP contribution in [-0.2, 0) is 0 Å². The summed E-state index contributed by atoms with van der Waals surface area (Å²) in [7, 11) is 0. The van der Waals surface area contributed by atoms with Crippen molar-refractivity contribution < 1.29 is 26.3 Å². The summed E-state index contributed by atoms with van der Waals surface area (Å²) in [5.41, 5.74) is 0. The van der Waals surface area contributed by atoms with Crippen molar-refractivity contribution in [1.82, 2.24) is 0 Å². The molecule has 0 unspecified atom stereocenters. The molecular formula is C22H8F6. The third-order valence-corrected chi connectivity index (χ3v) is 5.06. The molecule has 0 atom stereocenters. The van der Waals surface area contributed by atoms with E-state index in [9.17, 15) is 17.6 Å². The molecule has 5 aromatic rings. The summed E-state index contributed by atoms with van der Waals surface area (Å²) in [5.74, 6) is -8.04. The third kappa shape index (κ3) is 1.92. The van der Waals surface area contributed by atoms with Gasteiger partial charge in [-0.15, -0.1) is 0 Å². The predicted molar refractivity (Wildman–Crippen MR) is 96.2 cm³/mol. The minimum atomic E-state index is -1.55. The van der Waals surface area contributed by atoms with E-state index < -0.39 is 56.4 Å². The SMILES string of the molecule is Fc1c2ccccc2c(F)c2c(F)c3c(F)c4ccccc4c(F)c3c(F)c12. The van der Waals surface area contributed by atoms with Gasteiger partial charge in [0.05, 0.1) is 21.5 Å². The standard InChI is InChI=1S/C22H8F6/c23-17-9-5-1-2-6-10(9)18(24)14-13(17)21(27)15-16(22(14)28)20(26)12-8-4-3-7-11(12)19(15)25/h1-8H. The van der Waals surface area contributed by atoms with E-state index in [1.807, 2.05) is 0 Å². The average molecular weight is 386 g/mol. The molecule has 0 spiro atoms. The number of halogens is 6. The molecule has 0 bridgehead atoms. The van der Waals surface area contributed by atoms with Crippen LogP contribution in [0.1, 0.15) is 0 Å². The van der Waals surface area contributed by atoms with E-state index in [2.05, 4.69) is 0 Å². The highest BCUT2D eigenvalue weighted by Gasteiger charge is 2.28. The highest BCUT2D eigenvalue weighted by atomic mass is 19.2. The van der Waals surface area contributed by atoms with Gasteiger partial charge in [0.2, 0.25) is 0 Å². The normalized spacial score (nSPS) is 11.9. The van der Waals surface area contributed by atoms with Crippen LogP contribution in [0.5, 0.6) is 0 Å². The van der Waals surface area contributed by atoms with Crippen molar-refractivity contribution in [1.29, 1.82) is 0 Å². The minimum Gasteiger partial charge on any atom is -0.206 e. The summed E-state index contributed by atoms with van der Waals surface area (Å²) in [6, 6.07) is 10.4. The fourth-order valence-electron chi connectivity index (χ4n) is 3.78. The highest BCUT2D eigenvalue weighted by molar-refractivity contribution is 6.10. The molecule has 0 aliphatic rings. The van der Waals surface area contributed by atoms with Crippen molar-refractivity contribution in [2.75, 3.05) is 0 Å². The molecule has 5 rings (SSSR count). The summed E-state index contributed by atoms with van der Waals surface area (Å²) in [6.45, 7) is 0. The Hall–Kier alpha value is -3.28. The first-order chi connectivity index (χ1) is 13.4. The fourth-order valence-corrected chi connectivity index (χ4v) is 3.78. The Kier molecular flexibility index (Phi) is 3.38. The maximum atomic E-state index is 15.2. The molecule has 0 aliphatic heterocycles. The van der Waals surface area contributed by atoms with Crippen LogP contribution in [0.2, 0.25) is 0 Å². The number of benzene rings is 5. The van der Waals surface area contributed by atoms with Crippen LogP contribution in [0, 0.1) is 34.9 Å². The molecule has 0 N–H and O–H groups in total. The van der Waals surface area contributed by atoms with Crippen LogP contribution in [0.25, 0.3) is 43.1 Å². The first-order valence-corrected chi connectivity index (χ1v) is 8.29. The Labute approximate surface area is 153 Å². The third-order valence-electron chi connectivity index (χ3n) is 5.06. The van der Waals surface area contributed by atoms with Crippen molar-refractivity contribution in [2.45, 2.75) is 0 Å². The van der Waals surface area contributed by atoms with Crippen molar-refractivity contribution >= 4 is 43.1 Å². The molecule has 0 fully saturated rings. The van der Waals surface area contributed by atoms with E-state index in [0.717, 1.165) is 0 Å². The van der Waals surface area contributed by atoms with Gasteiger partial charge in [-0.1, -0.05) is 48.5 Å². The summed E-state index contributed by atoms with van der Waals surface area (Å²) < 4.78 is 90.3. The molecule has 28 heavy (non-hydrogen) atoms. The van der Waals surface area contributed by atoms with Crippen LogP contribution >= 0.6 is 0 Å². The zero-order valence-electron chi connectivity index (χ0n) is 13.9. The predicted octanol–water partition coefficient (Wildman–Crippen LogP) is 7.13. The van der Waals surface area contributed by atoms with Gasteiger partial charge in [-0.25, -0.2) is 26.3 Å². The van der Waals surface area contributed by atoms with Crippen LogP contribution in [0.3, 0.4) is 0 Å². The minimum absolute atomic E-state index is 0.285. The van der Waals surface area contributed by atoms with Crippen LogP contribution in [-0.4, -0.2) is 0 Å². The van der Waals surface area contributed by atoms with Gasteiger partial charge in [-0.2, -0.15) is 0 Å². The molecule has 0 amide bonds. The number of hydrogen-bond donors (Lipinski definition) is 0. The Morgan fingerprint density at radius 1 is 0.321 bits per heavy atom. The molecule has 0 aromatic heterocycles. The summed E-state index contributed by atoms with van der Waals surface area (Å²) in [4.78, 5) is 0. The van der Waals surface area contributed by atoms with Gasteiger partial charge in [0, 0.05) is 21.5 Å². The molecule has 0 radical (unpaired) electrons. The van der Waals surface area contributed by atoms with Crippen molar-refractivity contribution in [2.24, 2.45) is 0 Å². The Balaban J connectivity index is 2.19. The maximum absolute atomic E-state index is 15.2. The number of fused-ring (bicyclic) bond motifs is 4. The van der Waals surface area contributed by atoms with Crippen LogP contribution in [0.4, 0.5) is 26.3 Å². The molecule has 0 saturated carbocycles. The van der Waals surface area contributed by atoms with Gasteiger partial charge in [0.25, 0.3) is 0 Å². The molecule has 0 saturated heterocycles.